The fourth-order valence-corrected chi connectivity index (χ4v) is 3.72. The van der Waals surface area contributed by atoms with Crippen molar-refractivity contribution in [3.8, 4) is 11.4 Å². The number of fused-ring (bicyclic) bond motifs is 1. The van der Waals surface area contributed by atoms with Gasteiger partial charge in [0, 0.05) is 18.8 Å². The number of anilines is 1. The lowest BCUT2D eigenvalue weighted by Gasteiger charge is -2.17. The van der Waals surface area contributed by atoms with E-state index in [1.165, 1.54) is 0 Å². The Kier molecular flexibility index (Phi) is 4.20. The van der Waals surface area contributed by atoms with Crippen LogP contribution in [0.3, 0.4) is 0 Å². The van der Waals surface area contributed by atoms with Crippen molar-refractivity contribution in [2.75, 3.05) is 25.1 Å². The predicted molar refractivity (Wildman–Crippen MR) is 103 cm³/mol. The standard InChI is InChI=1S/C18H19N5O2S/c1-11-19-15-14(16(24)21-18(20-15)22-9-3-4-10-22)17(26)23(11)12-5-7-13(25-2)8-6-12/h5-8H,3-4,9-10H2,1-2H3,(H,20,21,24). The van der Waals surface area contributed by atoms with Crippen molar-refractivity contribution in [2.45, 2.75) is 19.8 Å². The molecule has 0 bridgehead atoms. The van der Waals surface area contributed by atoms with Gasteiger partial charge in [0.1, 0.15) is 21.6 Å². The summed E-state index contributed by atoms with van der Waals surface area (Å²) in [5, 5.41) is 0.337. The van der Waals surface area contributed by atoms with E-state index in [0.29, 0.717) is 27.4 Å². The van der Waals surface area contributed by atoms with Crippen molar-refractivity contribution in [3.63, 3.8) is 0 Å². The van der Waals surface area contributed by atoms with Crippen LogP contribution in [0.15, 0.2) is 29.1 Å². The largest absolute Gasteiger partial charge is 0.497 e. The minimum atomic E-state index is -0.253. The van der Waals surface area contributed by atoms with Gasteiger partial charge in [0.25, 0.3) is 5.56 Å². The van der Waals surface area contributed by atoms with E-state index in [1.807, 2.05) is 31.2 Å². The normalized spacial score (nSPS) is 14.2. The van der Waals surface area contributed by atoms with Gasteiger partial charge in [0.15, 0.2) is 5.65 Å². The van der Waals surface area contributed by atoms with Crippen molar-refractivity contribution < 1.29 is 4.74 Å². The minimum Gasteiger partial charge on any atom is -0.497 e. The Morgan fingerprint density at radius 1 is 1.15 bits per heavy atom. The lowest BCUT2D eigenvalue weighted by atomic mass is 10.3. The van der Waals surface area contributed by atoms with Gasteiger partial charge in [-0.25, -0.2) is 4.98 Å². The second-order valence-corrected chi connectivity index (χ2v) is 6.67. The molecule has 1 fully saturated rings. The molecule has 7 nitrogen and oxygen atoms in total. The average Bonchev–Trinajstić information content (AvgIpc) is 3.16. The number of methoxy groups -OCH3 is 1. The van der Waals surface area contributed by atoms with Crippen molar-refractivity contribution in [3.05, 3.63) is 45.1 Å². The molecule has 4 rings (SSSR count). The zero-order valence-corrected chi connectivity index (χ0v) is 15.5. The molecule has 3 heterocycles. The summed E-state index contributed by atoms with van der Waals surface area (Å²) in [7, 11) is 1.62. The molecule has 1 aliphatic heterocycles. The van der Waals surface area contributed by atoms with Crippen LogP contribution < -0.4 is 15.2 Å². The van der Waals surface area contributed by atoms with Crippen LogP contribution in [0.2, 0.25) is 0 Å². The number of aromatic nitrogens is 4. The molecule has 0 unspecified atom stereocenters. The summed E-state index contributed by atoms with van der Waals surface area (Å²) in [6.45, 7) is 3.65. The third-order valence-electron chi connectivity index (χ3n) is 4.63. The van der Waals surface area contributed by atoms with Crippen LogP contribution in [0.4, 0.5) is 5.95 Å². The van der Waals surface area contributed by atoms with Crippen LogP contribution in [0.1, 0.15) is 18.7 Å². The predicted octanol–water partition coefficient (Wildman–Crippen LogP) is 2.76. The third-order valence-corrected chi connectivity index (χ3v) is 5.02. The van der Waals surface area contributed by atoms with Crippen molar-refractivity contribution in [2.24, 2.45) is 0 Å². The first-order valence-corrected chi connectivity index (χ1v) is 8.92. The molecular formula is C18H19N5O2S. The summed E-state index contributed by atoms with van der Waals surface area (Å²) < 4.78 is 7.38. The van der Waals surface area contributed by atoms with Crippen molar-refractivity contribution in [1.29, 1.82) is 0 Å². The third kappa shape index (κ3) is 2.76. The SMILES string of the molecule is COc1ccc(-n2c(C)nc3nc(N4CCCC4)[nH]c(=O)c3c2=S)cc1. The van der Waals surface area contributed by atoms with Gasteiger partial charge in [-0.05, 0) is 44.0 Å². The van der Waals surface area contributed by atoms with Gasteiger partial charge in [-0.3, -0.25) is 14.3 Å². The maximum absolute atomic E-state index is 12.7. The Morgan fingerprint density at radius 3 is 2.50 bits per heavy atom. The average molecular weight is 369 g/mol. The molecule has 134 valence electrons. The number of rotatable bonds is 3. The van der Waals surface area contributed by atoms with E-state index in [2.05, 4.69) is 19.9 Å². The Morgan fingerprint density at radius 2 is 1.85 bits per heavy atom. The molecule has 0 saturated carbocycles. The smallest absolute Gasteiger partial charge is 0.264 e. The number of nitrogens with zero attached hydrogens (tertiary/aromatic N) is 4. The molecule has 26 heavy (non-hydrogen) atoms. The number of ether oxygens (including phenoxy) is 1. The van der Waals surface area contributed by atoms with Gasteiger partial charge in [-0.15, -0.1) is 0 Å². The maximum atomic E-state index is 12.7. The molecule has 0 amide bonds. The second-order valence-electron chi connectivity index (χ2n) is 6.28. The summed E-state index contributed by atoms with van der Waals surface area (Å²) >= 11 is 5.61. The monoisotopic (exact) mass is 369 g/mol. The van der Waals surface area contributed by atoms with Crippen LogP contribution in [0, 0.1) is 11.6 Å². The molecular weight excluding hydrogens is 350 g/mol. The molecule has 8 heteroatoms. The number of hydrogen-bond donors (Lipinski definition) is 1. The van der Waals surface area contributed by atoms with E-state index in [0.717, 1.165) is 37.4 Å². The van der Waals surface area contributed by atoms with Crippen LogP contribution in [0.25, 0.3) is 16.7 Å². The lowest BCUT2D eigenvalue weighted by molar-refractivity contribution is 0.414. The summed E-state index contributed by atoms with van der Waals surface area (Å²) in [6, 6.07) is 7.46. The zero-order valence-electron chi connectivity index (χ0n) is 14.7. The number of hydrogen-bond acceptors (Lipinski definition) is 6. The van der Waals surface area contributed by atoms with Gasteiger partial charge >= 0.3 is 0 Å². The first kappa shape index (κ1) is 16.7. The maximum Gasteiger partial charge on any atom is 0.264 e. The Hall–Kier alpha value is -2.74. The number of nitrogens with one attached hydrogen (secondary N) is 1. The molecule has 0 atom stereocenters. The van der Waals surface area contributed by atoms with Crippen LogP contribution in [0.5, 0.6) is 5.75 Å². The van der Waals surface area contributed by atoms with Gasteiger partial charge in [-0.1, -0.05) is 12.2 Å². The van der Waals surface area contributed by atoms with Crippen LogP contribution in [-0.4, -0.2) is 39.7 Å². The van der Waals surface area contributed by atoms with Gasteiger partial charge in [0.2, 0.25) is 5.95 Å². The Bertz CT molecular complexity index is 1080. The number of benzene rings is 1. The zero-order chi connectivity index (χ0) is 18.3. The van der Waals surface area contributed by atoms with Crippen molar-refractivity contribution >= 4 is 29.2 Å². The van der Waals surface area contributed by atoms with E-state index >= 15 is 0 Å². The number of aromatic amines is 1. The fraction of sp³-hybridized carbons (Fsp3) is 0.333. The van der Waals surface area contributed by atoms with E-state index in [1.54, 1.807) is 11.7 Å². The van der Waals surface area contributed by atoms with Crippen molar-refractivity contribution in [1.82, 2.24) is 19.5 Å². The summed E-state index contributed by atoms with van der Waals surface area (Å²) in [5.41, 5.74) is 0.963. The van der Waals surface area contributed by atoms with Gasteiger partial charge in [0.05, 0.1) is 7.11 Å². The van der Waals surface area contributed by atoms with E-state index < -0.39 is 0 Å². The van der Waals surface area contributed by atoms with Crippen LogP contribution >= 0.6 is 12.2 Å². The van der Waals surface area contributed by atoms with E-state index in [-0.39, 0.29) is 5.56 Å². The van der Waals surface area contributed by atoms with Crippen LogP contribution in [-0.2, 0) is 0 Å². The molecule has 1 aromatic carbocycles. The number of H-pyrrole nitrogens is 1. The van der Waals surface area contributed by atoms with E-state index in [4.69, 9.17) is 17.0 Å². The highest BCUT2D eigenvalue weighted by Crippen LogP contribution is 2.21. The summed E-state index contributed by atoms with van der Waals surface area (Å²) in [6.07, 6.45) is 2.21. The number of aryl methyl sites for hydroxylation is 1. The minimum absolute atomic E-state index is 0.253. The molecule has 1 N–H and O–H groups in total. The highest BCUT2D eigenvalue weighted by atomic mass is 32.1. The summed E-state index contributed by atoms with van der Waals surface area (Å²) in [5.74, 6) is 2.00. The van der Waals surface area contributed by atoms with Gasteiger partial charge < -0.3 is 9.64 Å². The first-order chi connectivity index (χ1) is 12.6. The Labute approximate surface area is 155 Å². The van der Waals surface area contributed by atoms with E-state index in [9.17, 15) is 4.79 Å². The first-order valence-electron chi connectivity index (χ1n) is 8.51. The fourth-order valence-electron chi connectivity index (χ4n) is 3.30. The lowest BCUT2D eigenvalue weighted by Crippen LogP contribution is -2.25. The molecule has 0 aliphatic carbocycles. The molecule has 3 aromatic rings. The molecule has 0 radical (unpaired) electrons. The second kappa shape index (κ2) is 6.53. The highest BCUT2D eigenvalue weighted by molar-refractivity contribution is 7.71. The molecule has 1 saturated heterocycles. The molecule has 1 aliphatic rings. The Balaban J connectivity index is 1.90. The topological polar surface area (TPSA) is 76.0 Å². The molecule has 2 aromatic heterocycles. The summed E-state index contributed by atoms with van der Waals surface area (Å²) in [4.78, 5) is 26.8. The highest BCUT2D eigenvalue weighted by Gasteiger charge is 2.18. The quantitative estimate of drug-likeness (QED) is 0.716. The van der Waals surface area contributed by atoms with Gasteiger partial charge in [-0.2, -0.15) is 4.98 Å². The molecule has 0 spiro atoms.